The van der Waals surface area contributed by atoms with Crippen molar-refractivity contribution in [1.29, 1.82) is 0 Å². The molecular formula is C12H12FN3. The molecule has 2 aromatic heterocycles. The Bertz CT molecular complexity index is 468. The third-order valence-electron chi connectivity index (χ3n) is 2.16. The van der Waals surface area contributed by atoms with Crippen LogP contribution in [0.4, 0.5) is 10.2 Å². The summed E-state index contributed by atoms with van der Waals surface area (Å²) in [5, 5.41) is 3.03. The second-order valence-corrected chi connectivity index (χ2v) is 3.51. The van der Waals surface area contributed by atoms with E-state index in [1.54, 1.807) is 18.3 Å². The molecule has 4 heteroatoms. The van der Waals surface area contributed by atoms with Gasteiger partial charge in [-0.15, -0.1) is 0 Å². The van der Waals surface area contributed by atoms with E-state index in [0.29, 0.717) is 12.4 Å². The molecule has 16 heavy (non-hydrogen) atoms. The van der Waals surface area contributed by atoms with Crippen LogP contribution in [-0.2, 0) is 6.54 Å². The minimum absolute atomic E-state index is 0.480. The molecule has 0 unspecified atom stereocenters. The molecule has 0 radical (unpaired) electrons. The molecule has 0 saturated heterocycles. The summed E-state index contributed by atoms with van der Waals surface area (Å²) in [6.45, 7) is 2.52. The van der Waals surface area contributed by atoms with Crippen molar-refractivity contribution in [2.24, 2.45) is 0 Å². The quantitative estimate of drug-likeness (QED) is 0.803. The maximum atomic E-state index is 12.8. The third kappa shape index (κ3) is 2.76. The number of hydrogen-bond acceptors (Lipinski definition) is 3. The van der Waals surface area contributed by atoms with Gasteiger partial charge in [0.1, 0.15) is 5.82 Å². The van der Waals surface area contributed by atoms with Crippen molar-refractivity contribution in [1.82, 2.24) is 9.97 Å². The Morgan fingerprint density at radius 1 is 1.25 bits per heavy atom. The Morgan fingerprint density at radius 3 is 2.81 bits per heavy atom. The number of halogens is 1. The molecule has 2 heterocycles. The molecule has 2 rings (SSSR count). The van der Waals surface area contributed by atoms with Crippen LogP contribution in [0.2, 0.25) is 0 Å². The second-order valence-electron chi connectivity index (χ2n) is 3.51. The van der Waals surface area contributed by atoms with Crippen molar-refractivity contribution >= 4 is 5.82 Å². The normalized spacial score (nSPS) is 10.1. The van der Waals surface area contributed by atoms with E-state index >= 15 is 0 Å². The molecule has 0 spiro atoms. The minimum atomic E-state index is -0.480. The van der Waals surface area contributed by atoms with Crippen LogP contribution in [0.1, 0.15) is 11.3 Å². The lowest BCUT2D eigenvalue weighted by atomic mass is 10.2. The second kappa shape index (κ2) is 4.70. The zero-order valence-corrected chi connectivity index (χ0v) is 8.94. The molecule has 0 amide bonds. The average molecular weight is 217 g/mol. The summed E-state index contributed by atoms with van der Waals surface area (Å²) >= 11 is 0. The molecule has 3 nitrogen and oxygen atoms in total. The highest BCUT2D eigenvalue weighted by molar-refractivity contribution is 5.34. The largest absolute Gasteiger partial charge is 0.366 e. The van der Waals surface area contributed by atoms with Gasteiger partial charge in [0.2, 0.25) is 5.95 Å². The zero-order chi connectivity index (χ0) is 11.4. The van der Waals surface area contributed by atoms with Crippen LogP contribution < -0.4 is 5.32 Å². The van der Waals surface area contributed by atoms with Gasteiger partial charge in [0.25, 0.3) is 0 Å². The highest BCUT2D eigenvalue weighted by Crippen LogP contribution is 2.06. The first-order valence-corrected chi connectivity index (χ1v) is 5.02. The average Bonchev–Trinajstić information content (AvgIpc) is 2.28. The highest BCUT2D eigenvalue weighted by atomic mass is 19.1. The number of anilines is 1. The molecule has 0 fully saturated rings. The predicted octanol–water partition coefficient (Wildman–Crippen LogP) is 2.54. The minimum Gasteiger partial charge on any atom is -0.366 e. The molecule has 0 aromatic carbocycles. The Kier molecular flexibility index (Phi) is 3.10. The molecule has 1 N–H and O–H groups in total. The number of aromatic nitrogens is 2. The lowest BCUT2D eigenvalue weighted by Crippen LogP contribution is -2.02. The molecule has 0 atom stereocenters. The Hall–Kier alpha value is -1.97. The van der Waals surface area contributed by atoms with Gasteiger partial charge < -0.3 is 5.32 Å². The number of rotatable bonds is 3. The first kappa shape index (κ1) is 10.5. The van der Waals surface area contributed by atoms with Crippen LogP contribution in [0.5, 0.6) is 0 Å². The monoisotopic (exact) mass is 217 g/mol. The summed E-state index contributed by atoms with van der Waals surface area (Å²) < 4.78 is 12.8. The topological polar surface area (TPSA) is 37.8 Å². The molecule has 0 bridgehead atoms. The Balaban J connectivity index is 1.99. The Morgan fingerprint density at radius 2 is 2.12 bits per heavy atom. The summed E-state index contributed by atoms with van der Waals surface area (Å²) in [6.07, 6.45) is 1.79. The summed E-state index contributed by atoms with van der Waals surface area (Å²) in [7, 11) is 0. The fraction of sp³-hybridized carbons (Fsp3) is 0.167. The van der Waals surface area contributed by atoms with Crippen molar-refractivity contribution in [2.45, 2.75) is 13.5 Å². The van der Waals surface area contributed by atoms with Gasteiger partial charge in [-0.3, -0.25) is 4.98 Å². The van der Waals surface area contributed by atoms with Crippen molar-refractivity contribution in [3.8, 4) is 0 Å². The van der Waals surface area contributed by atoms with E-state index in [0.717, 1.165) is 11.3 Å². The van der Waals surface area contributed by atoms with E-state index < -0.39 is 5.95 Å². The number of hydrogen-bond donors (Lipinski definition) is 1. The maximum absolute atomic E-state index is 12.8. The first-order chi connectivity index (χ1) is 7.74. The van der Waals surface area contributed by atoms with E-state index in [1.165, 1.54) is 6.07 Å². The van der Waals surface area contributed by atoms with Gasteiger partial charge in [-0.05, 0) is 30.7 Å². The fourth-order valence-electron chi connectivity index (χ4n) is 1.30. The third-order valence-corrected chi connectivity index (χ3v) is 2.16. The van der Waals surface area contributed by atoms with Gasteiger partial charge in [-0.2, -0.15) is 4.39 Å². The first-order valence-electron chi connectivity index (χ1n) is 5.02. The maximum Gasteiger partial charge on any atom is 0.214 e. The van der Waals surface area contributed by atoms with Gasteiger partial charge >= 0.3 is 0 Å². The van der Waals surface area contributed by atoms with Gasteiger partial charge in [-0.1, -0.05) is 12.1 Å². The predicted molar refractivity (Wildman–Crippen MR) is 60.5 cm³/mol. The van der Waals surface area contributed by atoms with Gasteiger partial charge in [0.05, 0.1) is 0 Å². The molecule has 0 saturated carbocycles. The van der Waals surface area contributed by atoms with E-state index in [2.05, 4.69) is 15.3 Å². The van der Waals surface area contributed by atoms with Gasteiger partial charge in [-0.25, -0.2) is 4.98 Å². The smallest absolute Gasteiger partial charge is 0.214 e. The van der Waals surface area contributed by atoms with Crippen LogP contribution in [0, 0.1) is 12.9 Å². The van der Waals surface area contributed by atoms with Gasteiger partial charge in [0.15, 0.2) is 0 Å². The molecule has 2 aromatic rings. The lowest BCUT2D eigenvalue weighted by Gasteiger charge is -2.05. The van der Waals surface area contributed by atoms with Crippen molar-refractivity contribution in [3.05, 3.63) is 53.7 Å². The summed E-state index contributed by atoms with van der Waals surface area (Å²) in [4.78, 5) is 7.88. The number of aryl methyl sites for hydroxylation is 1. The van der Waals surface area contributed by atoms with Crippen LogP contribution in [-0.4, -0.2) is 9.97 Å². The van der Waals surface area contributed by atoms with E-state index in [9.17, 15) is 4.39 Å². The molecule has 82 valence electrons. The van der Waals surface area contributed by atoms with Crippen molar-refractivity contribution in [3.63, 3.8) is 0 Å². The van der Waals surface area contributed by atoms with Crippen LogP contribution in [0.25, 0.3) is 0 Å². The van der Waals surface area contributed by atoms with Crippen LogP contribution in [0.15, 0.2) is 36.5 Å². The van der Waals surface area contributed by atoms with E-state index in [1.807, 2.05) is 19.1 Å². The Labute approximate surface area is 93.4 Å². The zero-order valence-electron chi connectivity index (χ0n) is 8.94. The standard InChI is InChI=1S/C12H12FN3/c1-9-5-6-10(7-14-9)8-15-12-4-2-3-11(13)16-12/h2-7H,8H2,1H3,(H,15,16). The summed E-state index contributed by atoms with van der Waals surface area (Å²) in [6, 6.07) is 8.59. The highest BCUT2D eigenvalue weighted by Gasteiger charge is 1.97. The molecule has 0 aliphatic heterocycles. The number of nitrogens with one attached hydrogen (secondary N) is 1. The fourth-order valence-corrected chi connectivity index (χ4v) is 1.30. The lowest BCUT2D eigenvalue weighted by molar-refractivity contribution is 0.585. The van der Waals surface area contributed by atoms with Crippen LogP contribution >= 0.6 is 0 Å². The summed E-state index contributed by atoms with van der Waals surface area (Å²) in [5.74, 6) is 0.0487. The van der Waals surface area contributed by atoms with Gasteiger partial charge in [0, 0.05) is 18.4 Å². The molecule has 0 aliphatic rings. The number of pyridine rings is 2. The SMILES string of the molecule is Cc1ccc(CNc2cccc(F)n2)cn1. The van der Waals surface area contributed by atoms with Crippen molar-refractivity contribution in [2.75, 3.05) is 5.32 Å². The van der Waals surface area contributed by atoms with Crippen LogP contribution in [0.3, 0.4) is 0 Å². The van der Waals surface area contributed by atoms with E-state index in [4.69, 9.17) is 0 Å². The van der Waals surface area contributed by atoms with E-state index in [-0.39, 0.29) is 0 Å². The van der Waals surface area contributed by atoms with Crippen molar-refractivity contribution < 1.29 is 4.39 Å². The number of nitrogens with zero attached hydrogens (tertiary/aromatic N) is 2. The molecule has 0 aliphatic carbocycles. The summed E-state index contributed by atoms with van der Waals surface area (Å²) in [5.41, 5.74) is 2.02. The molecular weight excluding hydrogens is 205 g/mol.